The Morgan fingerprint density at radius 2 is 2.19 bits per heavy atom. The molecule has 0 aromatic heterocycles. The standard InChI is InChI=1S/C9H10BFO5/c1-2-15-9(12)6-4-3-5-7(8(6)11)16-10(13)14/h3-5,13-14H,2H2,1H3. The van der Waals surface area contributed by atoms with Gasteiger partial charge in [-0.25, -0.2) is 9.18 Å². The fourth-order valence-corrected chi connectivity index (χ4v) is 1.08. The van der Waals surface area contributed by atoms with Crippen LogP contribution < -0.4 is 4.65 Å². The summed E-state index contributed by atoms with van der Waals surface area (Å²) in [5.41, 5.74) is -0.319. The summed E-state index contributed by atoms with van der Waals surface area (Å²) in [5.74, 6) is -2.26. The molecule has 86 valence electrons. The van der Waals surface area contributed by atoms with Gasteiger partial charge in [0.1, 0.15) is 5.75 Å². The lowest BCUT2D eigenvalue weighted by molar-refractivity contribution is 0.0520. The first-order valence-corrected chi connectivity index (χ1v) is 4.54. The Morgan fingerprint density at radius 3 is 2.75 bits per heavy atom. The van der Waals surface area contributed by atoms with Crippen molar-refractivity contribution in [1.29, 1.82) is 0 Å². The zero-order chi connectivity index (χ0) is 12.1. The van der Waals surface area contributed by atoms with E-state index in [1.54, 1.807) is 6.92 Å². The zero-order valence-electron chi connectivity index (χ0n) is 8.51. The van der Waals surface area contributed by atoms with Gasteiger partial charge in [-0.2, -0.15) is 0 Å². The van der Waals surface area contributed by atoms with E-state index >= 15 is 0 Å². The van der Waals surface area contributed by atoms with E-state index in [0.717, 1.165) is 6.07 Å². The molecule has 0 bridgehead atoms. The van der Waals surface area contributed by atoms with Crippen molar-refractivity contribution in [3.05, 3.63) is 29.6 Å². The fourth-order valence-electron chi connectivity index (χ4n) is 1.08. The monoisotopic (exact) mass is 228 g/mol. The molecule has 0 unspecified atom stereocenters. The second kappa shape index (κ2) is 5.48. The Bertz CT molecular complexity index is 382. The van der Waals surface area contributed by atoms with E-state index in [2.05, 4.69) is 9.39 Å². The molecule has 0 amide bonds. The Kier molecular flexibility index (Phi) is 4.27. The van der Waals surface area contributed by atoms with Crippen LogP contribution in [0.5, 0.6) is 5.75 Å². The van der Waals surface area contributed by atoms with Crippen molar-refractivity contribution in [3.8, 4) is 5.75 Å². The molecule has 1 aromatic rings. The van der Waals surface area contributed by atoms with Gasteiger partial charge in [-0.05, 0) is 19.1 Å². The van der Waals surface area contributed by atoms with Crippen molar-refractivity contribution < 1.29 is 28.6 Å². The van der Waals surface area contributed by atoms with Crippen LogP contribution >= 0.6 is 0 Å². The van der Waals surface area contributed by atoms with E-state index in [9.17, 15) is 9.18 Å². The largest absolute Gasteiger partial charge is 0.707 e. The van der Waals surface area contributed by atoms with Gasteiger partial charge in [0.05, 0.1) is 12.2 Å². The molecule has 0 saturated heterocycles. The summed E-state index contributed by atoms with van der Waals surface area (Å²) >= 11 is 0. The lowest BCUT2D eigenvalue weighted by Gasteiger charge is -2.08. The molecule has 0 radical (unpaired) electrons. The molecule has 2 N–H and O–H groups in total. The molecule has 0 fully saturated rings. The zero-order valence-corrected chi connectivity index (χ0v) is 8.51. The SMILES string of the molecule is CCOC(=O)c1cccc(OB(O)O)c1F. The maximum absolute atomic E-state index is 13.6. The summed E-state index contributed by atoms with van der Waals surface area (Å²) < 4.78 is 22.5. The van der Waals surface area contributed by atoms with Gasteiger partial charge in [-0.1, -0.05) is 6.07 Å². The molecule has 0 spiro atoms. The molecular formula is C9H10BFO5. The van der Waals surface area contributed by atoms with Crippen LogP contribution in [0.25, 0.3) is 0 Å². The van der Waals surface area contributed by atoms with Gasteiger partial charge in [-0.15, -0.1) is 0 Å². The van der Waals surface area contributed by atoms with E-state index in [0.29, 0.717) is 0 Å². The third-order valence-corrected chi connectivity index (χ3v) is 1.69. The molecule has 16 heavy (non-hydrogen) atoms. The van der Waals surface area contributed by atoms with Gasteiger partial charge in [-0.3, -0.25) is 0 Å². The summed E-state index contributed by atoms with van der Waals surface area (Å²) in [7, 11) is -2.15. The third kappa shape index (κ3) is 2.95. The summed E-state index contributed by atoms with van der Waals surface area (Å²) in [4.78, 5) is 11.3. The van der Waals surface area contributed by atoms with E-state index in [-0.39, 0.29) is 12.2 Å². The Morgan fingerprint density at radius 1 is 1.50 bits per heavy atom. The van der Waals surface area contributed by atoms with Crippen molar-refractivity contribution in [3.63, 3.8) is 0 Å². The van der Waals surface area contributed by atoms with Gasteiger partial charge < -0.3 is 19.4 Å². The minimum atomic E-state index is -2.15. The minimum Gasteiger partial charge on any atom is -0.510 e. The first-order chi connectivity index (χ1) is 7.56. The second-order valence-corrected chi connectivity index (χ2v) is 2.78. The third-order valence-electron chi connectivity index (χ3n) is 1.69. The highest BCUT2D eigenvalue weighted by atomic mass is 19.1. The summed E-state index contributed by atoms with van der Waals surface area (Å²) in [5, 5.41) is 17.0. The van der Waals surface area contributed by atoms with Gasteiger partial charge in [0.2, 0.25) is 0 Å². The first kappa shape index (κ1) is 12.5. The smallest absolute Gasteiger partial charge is 0.510 e. The highest BCUT2D eigenvalue weighted by Gasteiger charge is 2.20. The number of carbonyl (C=O) groups is 1. The number of rotatable bonds is 4. The van der Waals surface area contributed by atoms with Crippen LogP contribution in [0.3, 0.4) is 0 Å². The van der Waals surface area contributed by atoms with E-state index < -0.39 is 24.9 Å². The average Bonchev–Trinajstić information content (AvgIpc) is 2.21. The molecule has 7 heteroatoms. The number of hydrogen-bond donors (Lipinski definition) is 2. The first-order valence-electron chi connectivity index (χ1n) is 4.54. The number of carbonyl (C=O) groups excluding carboxylic acids is 1. The van der Waals surface area contributed by atoms with Crippen LogP contribution in [0.1, 0.15) is 17.3 Å². The Labute approximate surface area is 91.6 Å². The number of ether oxygens (including phenoxy) is 1. The molecule has 0 aliphatic rings. The normalized spacial score (nSPS) is 9.75. The maximum atomic E-state index is 13.6. The molecule has 0 aliphatic carbocycles. The number of hydrogen-bond acceptors (Lipinski definition) is 5. The van der Waals surface area contributed by atoms with Crippen molar-refractivity contribution in [2.45, 2.75) is 6.92 Å². The number of halogens is 1. The highest BCUT2D eigenvalue weighted by molar-refractivity contribution is 6.33. The van der Waals surface area contributed by atoms with Crippen LogP contribution in [0.2, 0.25) is 0 Å². The van der Waals surface area contributed by atoms with Crippen LogP contribution in [0, 0.1) is 5.82 Å². The lowest BCUT2D eigenvalue weighted by atomic mass is 10.2. The van der Waals surface area contributed by atoms with E-state index in [1.807, 2.05) is 0 Å². The highest BCUT2D eigenvalue weighted by Crippen LogP contribution is 2.21. The number of esters is 1. The quantitative estimate of drug-likeness (QED) is 0.574. The second-order valence-electron chi connectivity index (χ2n) is 2.78. The minimum absolute atomic E-state index is 0.117. The molecule has 0 atom stereocenters. The van der Waals surface area contributed by atoms with Crippen LogP contribution in [-0.2, 0) is 4.74 Å². The van der Waals surface area contributed by atoms with Crippen molar-refractivity contribution in [1.82, 2.24) is 0 Å². The topological polar surface area (TPSA) is 76.0 Å². The van der Waals surface area contributed by atoms with Gasteiger partial charge >= 0.3 is 13.3 Å². The van der Waals surface area contributed by atoms with Crippen LogP contribution in [0.4, 0.5) is 4.39 Å². The molecule has 0 aliphatic heterocycles. The van der Waals surface area contributed by atoms with Crippen LogP contribution in [0.15, 0.2) is 18.2 Å². The number of benzene rings is 1. The van der Waals surface area contributed by atoms with Crippen molar-refractivity contribution in [2.75, 3.05) is 6.61 Å². The average molecular weight is 228 g/mol. The van der Waals surface area contributed by atoms with Crippen molar-refractivity contribution in [2.24, 2.45) is 0 Å². The predicted octanol–water partition coefficient (Wildman–Crippen LogP) is 0.351. The summed E-state index contributed by atoms with van der Waals surface area (Å²) in [6.07, 6.45) is 0. The summed E-state index contributed by atoms with van der Waals surface area (Å²) in [6, 6.07) is 3.72. The van der Waals surface area contributed by atoms with Crippen LogP contribution in [-0.4, -0.2) is 29.9 Å². The molecule has 0 heterocycles. The molecule has 1 aromatic carbocycles. The molecule has 1 rings (SSSR count). The summed E-state index contributed by atoms with van der Waals surface area (Å²) in [6.45, 7) is 1.71. The maximum Gasteiger partial charge on any atom is 0.707 e. The van der Waals surface area contributed by atoms with Gasteiger partial charge in [0.25, 0.3) is 0 Å². The van der Waals surface area contributed by atoms with E-state index in [1.165, 1.54) is 12.1 Å². The van der Waals surface area contributed by atoms with E-state index in [4.69, 9.17) is 10.0 Å². The predicted molar refractivity (Wildman–Crippen MR) is 53.2 cm³/mol. The van der Waals surface area contributed by atoms with Gasteiger partial charge in [0, 0.05) is 0 Å². The fraction of sp³-hybridized carbons (Fsp3) is 0.222. The molecule has 5 nitrogen and oxygen atoms in total. The molecular weight excluding hydrogens is 218 g/mol. The Hall–Kier alpha value is -1.60. The van der Waals surface area contributed by atoms with Crippen molar-refractivity contribution >= 4 is 13.3 Å². The lowest BCUT2D eigenvalue weighted by Crippen LogP contribution is -2.21. The van der Waals surface area contributed by atoms with Gasteiger partial charge in [0.15, 0.2) is 5.82 Å². The Balaban J connectivity index is 2.99. The molecule has 0 saturated carbocycles.